The van der Waals surface area contributed by atoms with Crippen LogP contribution in [0.5, 0.6) is 17.2 Å². The van der Waals surface area contributed by atoms with Crippen LogP contribution >= 0.6 is 0 Å². The van der Waals surface area contributed by atoms with Gasteiger partial charge in [0.15, 0.2) is 11.5 Å². The van der Waals surface area contributed by atoms with E-state index in [9.17, 15) is 0 Å². The fourth-order valence-electron chi connectivity index (χ4n) is 2.53. The van der Waals surface area contributed by atoms with Crippen molar-refractivity contribution >= 4 is 0 Å². The highest BCUT2D eigenvalue weighted by atomic mass is 16.5. The molecule has 2 aromatic carbocycles. The number of benzene rings is 2. The fraction of sp³-hybridized carbons (Fsp3) is 0.400. The van der Waals surface area contributed by atoms with E-state index in [0.717, 1.165) is 34.8 Å². The molecule has 2 N–H and O–H groups in total. The van der Waals surface area contributed by atoms with Gasteiger partial charge in [0.05, 0.1) is 6.61 Å². The van der Waals surface area contributed by atoms with E-state index in [2.05, 4.69) is 13.0 Å². The molecule has 2 rings (SSSR count). The van der Waals surface area contributed by atoms with Crippen molar-refractivity contribution in [2.45, 2.75) is 27.2 Å². The van der Waals surface area contributed by atoms with Crippen molar-refractivity contribution in [3.63, 3.8) is 0 Å². The molecular weight excluding hydrogens is 302 g/mol. The summed E-state index contributed by atoms with van der Waals surface area (Å²) in [6, 6.07) is 12.1. The van der Waals surface area contributed by atoms with Gasteiger partial charge in [0.2, 0.25) is 0 Å². The van der Waals surface area contributed by atoms with Gasteiger partial charge >= 0.3 is 0 Å². The average Bonchev–Trinajstić information content (AvgIpc) is 2.55. The topological polar surface area (TPSA) is 53.7 Å². The molecule has 0 amide bonds. The standard InChI is InChI=1S/C20H27NO3/c1-4-22-20-14-17(9-10-21)6-8-19(20)24-12-11-23-18-7-5-15(2)13-16(18)3/h5-8,13-14H,4,9-12,21H2,1-3H3. The van der Waals surface area contributed by atoms with Gasteiger partial charge in [0, 0.05) is 0 Å². The van der Waals surface area contributed by atoms with E-state index in [-0.39, 0.29) is 0 Å². The smallest absolute Gasteiger partial charge is 0.161 e. The second-order valence-electron chi connectivity index (χ2n) is 5.72. The molecule has 0 bridgehead atoms. The predicted molar refractivity (Wildman–Crippen MR) is 97.3 cm³/mol. The number of nitrogens with two attached hydrogens (primary N) is 1. The first-order valence-corrected chi connectivity index (χ1v) is 8.42. The highest BCUT2D eigenvalue weighted by Crippen LogP contribution is 2.28. The van der Waals surface area contributed by atoms with Crippen molar-refractivity contribution in [1.29, 1.82) is 0 Å². The van der Waals surface area contributed by atoms with Crippen LogP contribution in [0.2, 0.25) is 0 Å². The van der Waals surface area contributed by atoms with Crippen LogP contribution in [-0.4, -0.2) is 26.4 Å². The van der Waals surface area contributed by atoms with Crippen molar-refractivity contribution in [2.24, 2.45) is 5.73 Å². The van der Waals surface area contributed by atoms with Gasteiger partial charge in [-0.15, -0.1) is 0 Å². The van der Waals surface area contributed by atoms with Gasteiger partial charge in [-0.2, -0.15) is 0 Å². The predicted octanol–water partition coefficient (Wildman–Crippen LogP) is 3.66. The number of hydrogen-bond acceptors (Lipinski definition) is 4. The van der Waals surface area contributed by atoms with E-state index < -0.39 is 0 Å². The monoisotopic (exact) mass is 329 g/mol. The molecule has 4 nitrogen and oxygen atoms in total. The van der Waals surface area contributed by atoms with Crippen molar-refractivity contribution in [3.05, 3.63) is 53.1 Å². The summed E-state index contributed by atoms with van der Waals surface area (Å²) < 4.78 is 17.3. The van der Waals surface area contributed by atoms with E-state index in [1.807, 2.05) is 44.2 Å². The zero-order valence-electron chi connectivity index (χ0n) is 14.8. The summed E-state index contributed by atoms with van der Waals surface area (Å²) in [5.74, 6) is 2.39. The molecule has 0 saturated carbocycles. The van der Waals surface area contributed by atoms with Crippen molar-refractivity contribution in [3.8, 4) is 17.2 Å². The lowest BCUT2D eigenvalue weighted by Gasteiger charge is -2.14. The molecule has 4 heteroatoms. The molecule has 0 saturated heterocycles. The Labute approximate surface area is 144 Å². The van der Waals surface area contributed by atoms with Crippen molar-refractivity contribution in [1.82, 2.24) is 0 Å². The highest BCUT2D eigenvalue weighted by Gasteiger charge is 2.07. The molecule has 0 radical (unpaired) electrons. The molecule has 0 fully saturated rings. The number of aryl methyl sites for hydroxylation is 2. The van der Waals surface area contributed by atoms with E-state index in [1.165, 1.54) is 5.56 Å². The van der Waals surface area contributed by atoms with Crippen LogP contribution in [0.1, 0.15) is 23.6 Å². The molecule has 0 heterocycles. The van der Waals surface area contributed by atoms with Gasteiger partial charge < -0.3 is 19.9 Å². The zero-order valence-corrected chi connectivity index (χ0v) is 14.8. The second kappa shape index (κ2) is 9.18. The Bertz CT molecular complexity index is 655. The maximum atomic E-state index is 5.83. The maximum Gasteiger partial charge on any atom is 0.161 e. The second-order valence-corrected chi connectivity index (χ2v) is 5.72. The lowest BCUT2D eigenvalue weighted by Crippen LogP contribution is -2.11. The Morgan fingerprint density at radius 1 is 0.833 bits per heavy atom. The summed E-state index contributed by atoms with van der Waals surface area (Å²) in [5.41, 5.74) is 9.13. The summed E-state index contributed by atoms with van der Waals surface area (Å²) >= 11 is 0. The Hall–Kier alpha value is -2.20. The van der Waals surface area contributed by atoms with Gasteiger partial charge in [-0.3, -0.25) is 0 Å². The Morgan fingerprint density at radius 2 is 1.54 bits per heavy atom. The van der Waals surface area contributed by atoms with Crippen LogP contribution < -0.4 is 19.9 Å². The van der Waals surface area contributed by atoms with E-state index in [0.29, 0.717) is 26.4 Å². The first kappa shape index (κ1) is 18.1. The molecule has 0 aliphatic heterocycles. The number of hydrogen-bond donors (Lipinski definition) is 1. The van der Waals surface area contributed by atoms with Gasteiger partial charge in [-0.25, -0.2) is 0 Å². The molecule has 130 valence electrons. The molecular formula is C20H27NO3. The quantitative estimate of drug-likeness (QED) is 0.713. The summed E-state index contributed by atoms with van der Waals surface area (Å²) in [7, 11) is 0. The molecule has 0 atom stereocenters. The highest BCUT2D eigenvalue weighted by molar-refractivity contribution is 5.43. The molecule has 0 spiro atoms. The van der Waals surface area contributed by atoms with Crippen LogP contribution in [0.15, 0.2) is 36.4 Å². The lowest BCUT2D eigenvalue weighted by molar-refractivity contribution is 0.207. The minimum atomic E-state index is 0.462. The van der Waals surface area contributed by atoms with Crippen LogP contribution in [0, 0.1) is 13.8 Å². The zero-order chi connectivity index (χ0) is 17.4. The summed E-state index contributed by atoms with van der Waals surface area (Å²) in [6.07, 6.45) is 0.830. The molecule has 0 aliphatic rings. The fourth-order valence-corrected chi connectivity index (χ4v) is 2.53. The molecule has 2 aromatic rings. The van der Waals surface area contributed by atoms with Gasteiger partial charge in [0.25, 0.3) is 0 Å². The Kier molecular flexibility index (Phi) is 6.94. The minimum absolute atomic E-state index is 0.462. The molecule has 24 heavy (non-hydrogen) atoms. The van der Waals surface area contributed by atoms with Gasteiger partial charge in [-0.05, 0) is 63.1 Å². The van der Waals surface area contributed by atoms with Crippen LogP contribution in [0.4, 0.5) is 0 Å². The van der Waals surface area contributed by atoms with Crippen LogP contribution in [0.3, 0.4) is 0 Å². The average molecular weight is 329 g/mol. The van der Waals surface area contributed by atoms with Crippen LogP contribution in [-0.2, 0) is 6.42 Å². The summed E-state index contributed by atoms with van der Waals surface area (Å²) in [5, 5.41) is 0. The third kappa shape index (κ3) is 5.17. The Balaban J connectivity index is 1.91. The third-order valence-electron chi connectivity index (χ3n) is 3.67. The normalized spacial score (nSPS) is 10.5. The third-order valence-corrected chi connectivity index (χ3v) is 3.67. The largest absolute Gasteiger partial charge is 0.490 e. The number of ether oxygens (including phenoxy) is 3. The van der Waals surface area contributed by atoms with Crippen molar-refractivity contribution in [2.75, 3.05) is 26.4 Å². The van der Waals surface area contributed by atoms with E-state index in [4.69, 9.17) is 19.9 Å². The van der Waals surface area contributed by atoms with Crippen LogP contribution in [0.25, 0.3) is 0 Å². The summed E-state index contributed by atoms with van der Waals surface area (Å²) in [6.45, 7) is 8.25. The summed E-state index contributed by atoms with van der Waals surface area (Å²) in [4.78, 5) is 0. The first-order valence-electron chi connectivity index (χ1n) is 8.42. The first-order chi connectivity index (χ1) is 11.6. The lowest BCUT2D eigenvalue weighted by atomic mass is 10.1. The number of rotatable bonds is 9. The van der Waals surface area contributed by atoms with E-state index >= 15 is 0 Å². The Morgan fingerprint density at radius 3 is 2.21 bits per heavy atom. The molecule has 0 unspecified atom stereocenters. The van der Waals surface area contributed by atoms with E-state index in [1.54, 1.807) is 0 Å². The maximum absolute atomic E-state index is 5.83. The van der Waals surface area contributed by atoms with Gasteiger partial charge in [0.1, 0.15) is 19.0 Å². The minimum Gasteiger partial charge on any atom is -0.490 e. The molecule has 0 aromatic heterocycles. The van der Waals surface area contributed by atoms with Gasteiger partial charge in [-0.1, -0.05) is 23.8 Å². The SMILES string of the molecule is CCOc1cc(CCN)ccc1OCCOc1ccc(C)cc1C. The molecule has 0 aliphatic carbocycles. The van der Waals surface area contributed by atoms with Crippen molar-refractivity contribution < 1.29 is 14.2 Å².